The molecule has 9 aliphatic rings. The lowest BCUT2D eigenvalue weighted by Crippen LogP contribution is -2.61. The lowest BCUT2D eigenvalue weighted by Gasteiger charge is -2.47. The van der Waals surface area contributed by atoms with Crippen molar-refractivity contribution in [2.45, 2.75) is 78.8 Å². The van der Waals surface area contributed by atoms with Crippen LogP contribution < -0.4 is 0 Å². The van der Waals surface area contributed by atoms with Gasteiger partial charge in [-0.25, -0.2) is 9.59 Å². The van der Waals surface area contributed by atoms with Crippen LogP contribution in [0.4, 0.5) is 9.59 Å². The molecule has 50 heavy (non-hydrogen) atoms. The maximum Gasteiger partial charge on any atom is 0.322 e. The van der Waals surface area contributed by atoms with E-state index in [1.54, 1.807) is 0 Å². The third kappa shape index (κ3) is 7.17. The van der Waals surface area contributed by atoms with Crippen LogP contribution in [0.3, 0.4) is 0 Å². The number of aromatic nitrogens is 4. The van der Waals surface area contributed by atoms with Gasteiger partial charge in [-0.1, -0.05) is 24.3 Å². The van der Waals surface area contributed by atoms with Crippen molar-refractivity contribution >= 4 is 12.1 Å². The van der Waals surface area contributed by atoms with Crippen LogP contribution in [0.5, 0.6) is 0 Å². The minimum atomic E-state index is -0.135. The monoisotopic (exact) mass is 674 g/mol. The second-order valence-corrected chi connectivity index (χ2v) is 15.6. The molecule has 12 bridgehead atoms. The van der Waals surface area contributed by atoms with Gasteiger partial charge in [-0.3, -0.25) is 29.7 Å². The molecule has 2 fully saturated rings. The van der Waals surface area contributed by atoms with Crippen molar-refractivity contribution in [2.24, 2.45) is 0 Å². The largest absolute Gasteiger partial charge is 0.322 e. The Bertz CT molecular complexity index is 1580. The van der Waals surface area contributed by atoms with Gasteiger partial charge in [-0.05, 0) is 88.1 Å². The summed E-state index contributed by atoms with van der Waals surface area (Å²) < 4.78 is 0. The summed E-state index contributed by atoms with van der Waals surface area (Å²) in [5, 5.41) is 0. The number of urea groups is 2. The molecule has 0 radical (unpaired) electrons. The van der Waals surface area contributed by atoms with E-state index in [0.29, 0.717) is 52.9 Å². The molecule has 0 atom stereocenters. The molecular weight excluding hydrogens is 628 g/mol. The Kier molecular flexibility index (Phi) is 8.77. The first-order valence-corrected chi connectivity index (χ1v) is 17.2. The van der Waals surface area contributed by atoms with Crippen molar-refractivity contribution in [1.82, 2.24) is 49.3 Å². The Labute approximate surface area is 294 Å². The minimum Gasteiger partial charge on any atom is -0.307 e. The van der Waals surface area contributed by atoms with E-state index in [2.05, 4.69) is 51.3 Å². The third-order valence-corrected chi connectivity index (χ3v) is 9.66. The Balaban J connectivity index is 1.22. The first-order chi connectivity index (χ1) is 23.8. The van der Waals surface area contributed by atoms with Crippen LogP contribution in [0.15, 0.2) is 73.3 Å². The molecule has 0 aromatic carbocycles. The number of carbonyl (C=O) groups is 2. The summed E-state index contributed by atoms with van der Waals surface area (Å²) in [4.78, 5) is 58.7. The van der Waals surface area contributed by atoms with Gasteiger partial charge in [0, 0.05) is 35.9 Å². The molecule has 12 nitrogen and oxygen atoms in total. The molecule has 4 aromatic heterocycles. The van der Waals surface area contributed by atoms with Crippen molar-refractivity contribution in [2.75, 3.05) is 26.7 Å². The Morgan fingerprint density at radius 2 is 0.660 bits per heavy atom. The molecular formula is C38H46N10O2. The van der Waals surface area contributed by atoms with E-state index in [9.17, 15) is 9.59 Å². The van der Waals surface area contributed by atoms with Crippen molar-refractivity contribution in [3.8, 4) is 22.8 Å². The molecule has 9 aliphatic heterocycles. The van der Waals surface area contributed by atoms with E-state index < -0.39 is 0 Å². The van der Waals surface area contributed by atoms with Crippen LogP contribution in [0, 0.1) is 0 Å². The van der Waals surface area contributed by atoms with Gasteiger partial charge in [0.2, 0.25) is 0 Å². The first kappa shape index (κ1) is 33.6. The van der Waals surface area contributed by atoms with Crippen molar-refractivity contribution in [3.63, 3.8) is 0 Å². The Morgan fingerprint density at radius 1 is 0.420 bits per heavy atom. The van der Waals surface area contributed by atoms with E-state index >= 15 is 0 Å². The zero-order chi connectivity index (χ0) is 35.2. The van der Waals surface area contributed by atoms with Crippen LogP contribution in [-0.2, 0) is 26.2 Å². The molecule has 0 spiro atoms. The molecule has 0 aliphatic carbocycles. The van der Waals surface area contributed by atoms with E-state index in [-0.39, 0.29) is 23.1 Å². The average Bonchev–Trinajstić information content (AvgIpc) is 3.08. The number of hydrogen-bond donors (Lipinski definition) is 0. The maximum absolute atomic E-state index is 13.8. The highest BCUT2D eigenvalue weighted by Gasteiger charge is 2.37. The molecule has 2 saturated heterocycles. The number of nitrogens with zero attached hydrogens (tertiary/aromatic N) is 10. The topological polar surface area (TPSA) is 105 Å². The predicted molar refractivity (Wildman–Crippen MR) is 191 cm³/mol. The number of amides is 4. The van der Waals surface area contributed by atoms with Gasteiger partial charge in [0.25, 0.3) is 0 Å². The fraction of sp³-hybridized carbons (Fsp3) is 0.421. The highest BCUT2D eigenvalue weighted by Crippen LogP contribution is 2.27. The molecule has 0 saturated carbocycles. The molecule has 0 N–H and O–H groups in total. The fourth-order valence-electron chi connectivity index (χ4n) is 6.43. The van der Waals surface area contributed by atoms with Crippen molar-refractivity contribution in [1.29, 1.82) is 0 Å². The van der Waals surface area contributed by atoms with Gasteiger partial charge in [0.1, 0.15) is 0 Å². The van der Waals surface area contributed by atoms with Crippen LogP contribution in [0.1, 0.15) is 63.8 Å². The summed E-state index contributed by atoms with van der Waals surface area (Å²) >= 11 is 0. The van der Waals surface area contributed by atoms with E-state index in [1.807, 2.05) is 92.9 Å². The standard InChI is InChI=1S/C38H46N10O2/c1-37(2,3)47-23-43-19-27-7-11-31(39-15-27)33-13-9-29(17-41-33)21-45-25-48(38(4,5)6)26-46(36(45)50)22-30-10-14-34(42-18-30)32-12-8-28(16-40-32)20-44(24-47)35(43)49/h7-18H,19-26H2,1-6H3. The van der Waals surface area contributed by atoms with Crippen LogP contribution in [0.25, 0.3) is 22.8 Å². The van der Waals surface area contributed by atoms with Crippen LogP contribution in [-0.4, -0.2) is 99.2 Å². The first-order valence-electron chi connectivity index (χ1n) is 17.2. The van der Waals surface area contributed by atoms with Gasteiger partial charge in [-0.2, -0.15) is 0 Å². The molecule has 4 amide bonds. The fourth-order valence-corrected chi connectivity index (χ4v) is 6.43. The van der Waals surface area contributed by atoms with Gasteiger partial charge in [-0.15, -0.1) is 0 Å². The molecule has 13 rings (SSSR count). The number of carbonyl (C=O) groups excluding carboxylic acids is 2. The summed E-state index contributed by atoms with van der Waals surface area (Å²) in [6, 6.07) is 15.8. The van der Waals surface area contributed by atoms with Crippen LogP contribution >= 0.6 is 0 Å². The highest BCUT2D eigenvalue weighted by atomic mass is 16.2. The quantitative estimate of drug-likeness (QED) is 0.230. The minimum absolute atomic E-state index is 0.0186. The van der Waals surface area contributed by atoms with Crippen molar-refractivity contribution in [3.05, 3.63) is 95.6 Å². The average molecular weight is 675 g/mol. The van der Waals surface area contributed by atoms with E-state index in [4.69, 9.17) is 19.9 Å². The zero-order valence-corrected chi connectivity index (χ0v) is 29.9. The SMILES string of the molecule is CC(C)(C)N1CN2Cc3ccc(nc3)-c3ccc(cn3)CN3CN(C(C)(C)C)CN(Cc4ccc(nc4)-c4ccc(cn4)CN(C1)C2=O)C3=O. The van der Waals surface area contributed by atoms with Gasteiger partial charge in [0.15, 0.2) is 0 Å². The smallest absolute Gasteiger partial charge is 0.307 e. The molecule has 12 heteroatoms. The normalized spacial score (nSPS) is 18.1. The summed E-state index contributed by atoms with van der Waals surface area (Å²) in [6.07, 6.45) is 7.31. The molecule has 4 aromatic rings. The number of pyridine rings is 4. The molecule has 0 unspecified atom stereocenters. The number of rotatable bonds is 0. The highest BCUT2D eigenvalue weighted by molar-refractivity contribution is 5.76. The molecule has 260 valence electrons. The van der Waals surface area contributed by atoms with Crippen LogP contribution in [0.2, 0.25) is 0 Å². The summed E-state index contributed by atoms with van der Waals surface area (Å²) in [5.74, 6) is 0. The lowest BCUT2D eigenvalue weighted by atomic mass is 10.1. The van der Waals surface area contributed by atoms with E-state index in [1.165, 1.54) is 0 Å². The second-order valence-electron chi connectivity index (χ2n) is 15.6. The Hall–Kier alpha value is -4.94. The van der Waals surface area contributed by atoms with Gasteiger partial charge < -0.3 is 19.6 Å². The zero-order valence-electron chi connectivity index (χ0n) is 29.9. The third-order valence-electron chi connectivity index (χ3n) is 9.66. The van der Waals surface area contributed by atoms with Gasteiger partial charge in [0.05, 0.1) is 75.6 Å². The lowest BCUT2D eigenvalue weighted by molar-refractivity contribution is -0.0207. The predicted octanol–water partition coefficient (Wildman–Crippen LogP) is 5.82. The second kappa shape index (κ2) is 13.1. The van der Waals surface area contributed by atoms with Gasteiger partial charge >= 0.3 is 12.1 Å². The van der Waals surface area contributed by atoms with E-state index in [0.717, 1.165) is 45.0 Å². The summed E-state index contributed by atoms with van der Waals surface area (Å²) in [7, 11) is 0. The Morgan fingerprint density at radius 3 is 0.840 bits per heavy atom. The maximum atomic E-state index is 13.8. The summed E-state index contributed by atoms with van der Waals surface area (Å²) in [5.41, 5.74) is 6.49. The molecule has 13 heterocycles. The van der Waals surface area contributed by atoms with Crippen molar-refractivity contribution < 1.29 is 9.59 Å². The summed E-state index contributed by atoms with van der Waals surface area (Å²) in [6.45, 7) is 16.9. The number of hydrogen-bond acceptors (Lipinski definition) is 8.